The van der Waals surface area contributed by atoms with Crippen LogP contribution in [0.25, 0.3) is 0 Å². The summed E-state index contributed by atoms with van der Waals surface area (Å²) in [4.78, 5) is 23.1. The molecule has 0 unspecified atom stereocenters. The standard InChI is InChI=1S/C16H17N3O4/c17-16(20)23-10-9-18(12-13-5-2-1-3-6-13)14-7-4-8-15(11-14)19(21)22/h1-8,11H,9-10,12H2,(H2,17,20). The van der Waals surface area contributed by atoms with Crippen LogP contribution in [0.1, 0.15) is 5.56 Å². The van der Waals surface area contributed by atoms with Crippen molar-refractivity contribution in [1.29, 1.82) is 0 Å². The smallest absolute Gasteiger partial charge is 0.404 e. The van der Waals surface area contributed by atoms with E-state index in [-0.39, 0.29) is 12.3 Å². The number of nitrogens with two attached hydrogens (primary N) is 1. The number of benzene rings is 2. The minimum Gasteiger partial charge on any atom is -0.448 e. The number of carbonyl (C=O) groups is 1. The summed E-state index contributed by atoms with van der Waals surface area (Å²) in [5.41, 5.74) is 6.69. The molecule has 0 aliphatic rings. The molecule has 2 aromatic rings. The molecule has 7 nitrogen and oxygen atoms in total. The predicted molar refractivity (Wildman–Crippen MR) is 86.1 cm³/mol. The van der Waals surface area contributed by atoms with Gasteiger partial charge in [0.2, 0.25) is 0 Å². The second kappa shape index (κ2) is 7.79. The molecule has 0 radical (unpaired) electrons. The number of primary amides is 1. The first-order valence-corrected chi connectivity index (χ1v) is 7.02. The average molecular weight is 315 g/mol. The zero-order valence-corrected chi connectivity index (χ0v) is 12.4. The van der Waals surface area contributed by atoms with E-state index in [2.05, 4.69) is 0 Å². The highest BCUT2D eigenvalue weighted by molar-refractivity contribution is 5.64. The number of amides is 1. The average Bonchev–Trinajstić information content (AvgIpc) is 2.54. The molecule has 0 saturated carbocycles. The lowest BCUT2D eigenvalue weighted by Gasteiger charge is -2.24. The van der Waals surface area contributed by atoms with Crippen LogP contribution in [-0.2, 0) is 11.3 Å². The van der Waals surface area contributed by atoms with Crippen LogP contribution in [0.2, 0.25) is 0 Å². The Morgan fingerprint density at radius 2 is 1.91 bits per heavy atom. The molecular formula is C16H17N3O4. The molecule has 7 heteroatoms. The second-order valence-electron chi connectivity index (χ2n) is 4.85. The summed E-state index contributed by atoms with van der Waals surface area (Å²) in [6, 6.07) is 16.0. The van der Waals surface area contributed by atoms with E-state index < -0.39 is 11.0 Å². The highest BCUT2D eigenvalue weighted by atomic mass is 16.6. The maximum Gasteiger partial charge on any atom is 0.404 e. The molecule has 0 aromatic heterocycles. The van der Waals surface area contributed by atoms with Crippen molar-refractivity contribution in [3.63, 3.8) is 0 Å². The summed E-state index contributed by atoms with van der Waals surface area (Å²) < 4.78 is 4.77. The van der Waals surface area contributed by atoms with Gasteiger partial charge >= 0.3 is 6.09 Å². The number of anilines is 1. The zero-order valence-electron chi connectivity index (χ0n) is 12.4. The van der Waals surface area contributed by atoms with Crippen LogP contribution in [-0.4, -0.2) is 24.2 Å². The largest absolute Gasteiger partial charge is 0.448 e. The molecule has 0 bridgehead atoms. The van der Waals surface area contributed by atoms with E-state index in [4.69, 9.17) is 10.5 Å². The molecule has 0 aliphatic carbocycles. The van der Waals surface area contributed by atoms with Gasteiger partial charge in [-0.2, -0.15) is 0 Å². The minimum absolute atomic E-state index is 0.0105. The Hall–Kier alpha value is -3.09. The molecule has 0 heterocycles. The molecule has 0 fully saturated rings. The summed E-state index contributed by atoms with van der Waals surface area (Å²) in [7, 11) is 0. The number of rotatable bonds is 7. The van der Waals surface area contributed by atoms with Gasteiger partial charge in [-0.3, -0.25) is 10.1 Å². The van der Waals surface area contributed by atoms with Crippen molar-refractivity contribution in [2.24, 2.45) is 5.73 Å². The first-order valence-electron chi connectivity index (χ1n) is 7.02. The van der Waals surface area contributed by atoms with Gasteiger partial charge in [0.15, 0.2) is 0 Å². The Kier molecular flexibility index (Phi) is 5.51. The normalized spacial score (nSPS) is 10.1. The number of nitro benzene ring substituents is 1. The summed E-state index contributed by atoms with van der Waals surface area (Å²) in [5.74, 6) is 0. The van der Waals surface area contributed by atoms with Gasteiger partial charge in [0.25, 0.3) is 5.69 Å². The quantitative estimate of drug-likeness (QED) is 0.625. The molecule has 2 aromatic carbocycles. The van der Waals surface area contributed by atoms with Gasteiger partial charge in [0.05, 0.1) is 11.5 Å². The Labute approximate surface area is 133 Å². The monoisotopic (exact) mass is 315 g/mol. The summed E-state index contributed by atoms with van der Waals surface area (Å²) in [6.45, 7) is 1.01. The highest BCUT2D eigenvalue weighted by Crippen LogP contribution is 2.22. The first kappa shape index (κ1) is 16.3. The van der Waals surface area contributed by atoms with Gasteiger partial charge in [-0.05, 0) is 11.6 Å². The third kappa shape index (κ3) is 4.99. The fraction of sp³-hybridized carbons (Fsp3) is 0.188. The van der Waals surface area contributed by atoms with Crippen LogP contribution >= 0.6 is 0 Å². The Morgan fingerprint density at radius 3 is 2.57 bits per heavy atom. The molecule has 2 N–H and O–H groups in total. The molecule has 0 spiro atoms. The lowest BCUT2D eigenvalue weighted by atomic mass is 10.2. The Morgan fingerprint density at radius 1 is 1.17 bits per heavy atom. The van der Waals surface area contributed by atoms with E-state index in [0.29, 0.717) is 18.8 Å². The number of non-ortho nitro benzene ring substituents is 1. The fourth-order valence-electron chi connectivity index (χ4n) is 2.16. The number of carbonyl (C=O) groups excluding carboxylic acids is 1. The van der Waals surface area contributed by atoms with E-state index in [1.165, 1.54) is 12.1 Å². The summed E-state index contributed by atoms with van der Waals surface area (Å²) in [6.07, 6.45) is -0.844. The van der Waals surface area contributed by atoms with Crippen LogP contribution < -0.4 is 10.6 Å². The van der Waals surface area contributed by atoms with E-state index in [9.17, 15) is 14.9 Å². The SMILES string of the molecule is NC(=O)OCCN(Cc1ccccc1)c1cccc([N+](=O)[O-])c1. The van der Waals surface area contributed by atoms with E-state index in [0.717, 1.165) is 5.56 Å². The number of hydrogen-bond donors (Lipinski definition) is 1. The van der Waals surface area contributed by atoms with E-state index in [1.54, 1.807) is 12.1 Å². The lowest BCUT2D eigenvalue weighted by molar-refractivity contribution is -0.384. The summed E-state index contributed by atoms with van der Waals surface area (Å²) in [5, 5.41) is 10.9. The molecule has 0 atom stereocenters. The van der Waals surface area contributed by atoms with E-state index >= 15 is 0 Å². The Balaban J connectivity index is 2.19. The van der Waals surface area contributed by atoms with Crippen molar-refractivity contribution < 1.29 is 14.5 Å². The molecule has 0 saturated heterocycles. The zero-order chi connectivity index (χ0) is 16.7. The van der Waals surface area contributed by atoms with Crippen molar-refractivity contribution >= 4 is 17.5 Å². The molecule has 1 amide bonds. The third-order valence-electron chi connectivity index (χ3n) is 3.23. The van der Waals surface area contributed by atoms with Gasteiger partial charge in [0.1, 0.15) is 6.61 Å². The van der Waals surface area contributed by atoms with Crippen LogP contribution in [0, 0.1) is 10.1 Å². The summed E-state index contributed by atoms with van der Waals surface area (Å²) >= 11 is 0. The van der Waals surface area contributed by atoms with E-state index in [1.807, 2.05) is 35.2 Å². The molecule has 120 valence electrons. The molecule has 23 heavy (non-hydrogen) atoms. The second-order valence-corrected chi connectivity index (χ2v) is 4.85. The molecule has 0 aliphatic heterocycles. The number of hydrogen-bond acceptors (Lipinski definition) is 5. The van der Waals surface area contributed by atoms with Gasteiger partial charge in [-0.1, -0.05) is 36.4 Å². The molecule has 2 rings (SSSR count). The van der Waals surface area contributed by atoms with Gasteiger partial charge in [-0.15, -0.1) is 0 Å². The van der Waals surface area contributed by atoms with Crippen molar-refractivity contribution in [3.05, 3.63) is 70.3 Å². The van der Waals surface area contributed by atoms with Gasteiger partial charge < -0.3 is 15.4 Å². The van der Waals surface area contributed by atoms with Crippen molar-refractivity contribution in [3.8, 4) is 0 Å². The maximum atomic E-state index is 10.9. The highest BCUT2D eigenvalue weighted by Gasteiger charge is 2.12. The lowest BCUT2D eigenvalue weighted by Crippen LogP contribution is -2.29. The first-order chi connectivity index (χ1) is 11.1. The van der Waals surface area contributed by atoms with Gasteiger partial charge in [-0.25, -0.2) is 4.79 Å². The number of nitro groups is 1. The predicted octanol–water partition coefficient (Wildman–Crippen LogP) is 2.70. The topological polar surface area (TPSA) is 98.7 Å². The van der Waals surface area contributed by atoms with Crippen LogP contribution in [0.4, 0.5) is 16.2 Å². The van der Waals surface area contributed by atoms with Gasteiger partial charge in [0, 0.05) is 24.4 Å². The van der Waals surface area contributed by atoms with Crippen LogP contribution in [0.5, 0.6) is 0 Å². The third-order valence-corrected chi connectivity index (χ3v) is 3.23. The van der Waals surface area contributed by atoms with Crippen LogP contribution in [0.15, 0.2) is 54.6 Å². The van der Waals surface area contributed by atoms with Crippen LogP contribution in [0.3, 0.4) is 0 Å². The Bertz CT molecular complexity index is 676. The fourth-order valence-corrected chi connectivity index (χ4v) is 2.16. The minimum atomic E-state index is -0.844. The molecular weight excluding hydrogens is 298 g/mol. The maximum absolute atomic E-state index is 10.9. The number of ether oxygens (including phenoxy) is 1. The number of nitrogens with zero attached hydrogens (tertiary/aromatic N) is 2. The van der Waals surface area contributed by atoms with Crippen molar-refractivity contribution in [1.82, 2.24) is 0 Å². The van der Waals surface area contributed by atoms with Crippen molar-refractivity contribution in [2.45, 2.75) is 6.54 Å². The van der Waals surface area contributed by atoms with Crippen molar-refractivity contribution in [2.75, 3.05) is 18.1 Å².